The molecule has 0 heterocycles. The first kappa shape index (κ1) is 11.5. The molecular formula is C11H21NO2. The van der Waals surface area contributed by atoms with Gasteiger partial charge in [0.05, 0.1) is 6.42 Å². The average molecular weight is 199 g/mol. The fraction of sp³-hybridized carbons (Fsp3) is 0.909. The molecule has 0 aromatic carbocycles. The Morgan fingerprint density at radius 2 is 1.93 bits per heavy atom. The zero-order chi connectivity index (χ0) is 10.9. The van der Waals surface area contributed by atoms with Crippen LogP contribution in [0.5, 0.6) is 0 Å². The van der Waals surface area contributed by atoms with Crippen LogP contribution in [-0.4, -0.2) is 17.1 Å². The van der Waals surface area contributed by atoms with E-state index in [1.165, 1.54) is 0 Å². The molecule has 0 aromatic heterocycles. The summed E-state index contributed by atoms with van der Waals surface area (Å²) in [5.74, 6) is 0.476. The molecular weight excluding hydrogens is 178 g/mol. The Morgan fingerprint density at radius 1 is 1.50 bits per heavy atom. The fourth-order valence-electron chi connectivity index (χ4n) is 2.75. The van der Waals surface area contributed by atoms with Gasteiger partial charge in [0.2, 0.25) is 0 Å². The number of aliphatic carboxylic acids is 1. The van der Waals surface area contributed by atoms with Crippen molar-refractivity contribution < 1.29 is 9.90 Å². The third-order valence-electron chi connectivity index (χ3n) is 3.90. The number of carboxylic acid groups (broad SMARTS) is 1. The molecule has 14 heavy (non-hydrogen) atoms. The Balaban J connectivity index is 2.80. The molecule has 1 saturated carbocycles. The molecule has 0 amide bonds. The first-order valence-corrected chi connectivity index (χ1v) is 5.35. The van der Waals surface area contributed by atoms with E-state index in [-0.39, 0.29) is 17.9 Å². The molecule has 3 heteroatoms. The summed E-state index contributed by atoms with van der Waals surface area (Å²) in [6.45, 7) is 6.32. The fourth-order valence-corrected chi connectivity index (χ4v) is 2.75. The zero-order valence-corrected chi connectivity index (χ0v) is 9.29. The highest BCUT2D eigenvalue weighted by molar-refractivity contribution is 5.68. The van der Waals surface area contributed by atoms with E-state index in [4.69, 9.17) is 10.8 Å². The molecule has 0 aliphatic heterocycles. The summed E-state index contributed by atoms with van der Waals surface area (Å²) in [5, 5.41) is 8.90. The van der Waals surface area contributed by atoms with Gasteiger partial charge >= 0.3 is 5.97 Å². The number of carboxylic acids is 1. The maximum Gasteiger partial charge on any atom is 0.303 e. The number of hydrogen-bond donors (Lipinski definition) is 2. The van der Waals surface area contributed by atoms with Crippen molar-refractivity contribution in [1.29, 1.82) is 0 Å². The Labute approximate surface area is 85.7 Å². The van der Waals surface area contributed by atoms with Gasteiger partial charge in [-0.1, -0.05) is 13.8 Å². The van der Waals surface area contributed by atoms with E-state index in [0.29, 0.717) is 11.8 Å². The Bertz CT molecular complexity index is 215. The minimum atomic E-state index is -0.719. The zero-order valence-electron chi connectivity index (χ0n) is 9.29. The predicted molar refractivity (Wildman–Crippen MR) is 55.9 cm³/mol. The van der Waals surface area contributed by atoms with Gasteiger partial charge in [-0.2, -0.15) is 0 Å². The van der Waals surface area contributed by atoms with Crippen molar-refractivity contribution in [2.24, 2.45) is 23.0 Å². The van der Waals surface area contributed by atoms with Crippen LogP contribution < -0.4 is 5.73 Å². The van der Waals surface area contributed by atoms with Gasteiger partial charge in [-0.05, 0) is 37.0 Å². The molecule has 0 spiro atoms. The van der Waals surface area contributed by atoms with Crippen LogP contribution in [0.4, 0.5) is 0 Å². The molecule has 1 fully saturated rings. The summed E-state index contributed by atoms with van der Waals surface area (Å²) in [7, 11) is 0. The molecule has 3 N–H and O–H groups in total. The molecule has 0 radical (unpaired) electrons. The van der Waals surface area contributed by atoms with Crippen LogP contribution in [0.3, 0.4) is 0 Å². The highest BCUT2D eigenvalue weighted by Gasteiger charge is 2.45. The van der Waals surface area contributed by atoms with Crippen molar-refractivity contribution in [2.75, 3.05) is 0 Å². The third kappa shape index (κ3) is 2.08. The van der Waals surface area contributed by atoms with Crippen molar-refractivity contribution in [3.05, 3.63) is 0 Å². The van der Waals surface area contributed by atoms with Crippen LogP contribution in [0.25, 0.3) is 0 Å². The lowest BCUT2D eigenvalue weighted by Crippen LogP contribution is -2.39. The first-order valence-electron chi connectivity index (χ1n) is 5.35. The van der Waals surface area contributed by atoms with Crippen LogP contribution in [-0.2, 0) is 4.79 Å². The monoisotopic (exact) mass is 199 g/mol. The minimum Gasteiger partial charge on any atom is -0.481 e. The van der Waals surface area contributed by atoms with Crippen molar-refractivity contribution in [2.45, 2.75) is 46.1 Å². The van der Waals surface area contributed by atoms with E-state index in [1.54, 1.807) is 0 Å². The number of rotatable bonds is 3. The molecule has 82 valence electrons. The molecule has 3 nitrogen and oxygen atoms in total. The van der Waals surface area contributed by atoms with Gasteiger partial charge in [0.25, 0.3) is 0 Å². The number of carbonyl (C=O) groups is 1. The summed E-state index contributed by atoms with van der Waals surface area (Å²) in [4.78, 5) is 10.8. The average Bonchev–Trinajstić information content (AvgIpc) is 2.27. The van der Waals surface area contributed by atoms with E-state index in [9.17, 15) is 4.79 Å². The quantitative estimate of drug-likeness (QED) is 0.729. The van der Waals surface area contributed by atoms with Gasteiger partial charge in [-0.25, -0.2) is 0 Å². The Hall–Kier alpha value is -0.570. The summed E-state index contributed by atoms with van der Waals surface area (Å²) in [5.41, 5.74) is 5.78. The first-order chi connectivity index (χ1) is 6.37. The normalized spacial score (nSPS) is 32.9. The van der Waals surface area contributed by atoms with Crippen molar-refractivity contribution >= 4 is 5.97 Å². The van der Waals surface area contributed by atoms with E-state index < -0.39 is 5.97 Å². The van der Waals surface area contributed by atoms with Crippen LogP contribution in [0.2, 0.25) is 0 Å². The van der Waals surface area contributed by atoms with E-state index >= 15 is 0 Å². The largest absolute Gasteiger partial charge is 0.481 e. The van der Waals surface area contributed by atoms with E-state index in [0.717, 1.165) is 12.8 Å². The summed E-state index contributed by atoms with van der Waals surface area (Å²) in [6, 6.07) is -0.0222. The van der Waals surface area contributed by atoms with Crippen LogP contribution in [0.1, 0.15) is 40.0 Å². The number of hydrogen-bond acceptors (Lipinski definition) is 2. The van der Waals surface area contributed by atoms with Crippen molar-refractivity contribution in [3.8, 4) is 0 Å². The second-order valence-electron chi connectivity index (χ2n) is 5.08. The van der Waals surface area contributed by atoms with Gasteiger partial charge < -0.3 is 10.8 Å². The van der Waals surface area contributed by atoms with Gasteiger partial charge in [0.1, 0.15) is 0 Å². The molecule has 0 bridgehead atoms. The summed E-state index contributed by atoms with van der Waals surface area (Å²) in [6.07, 6.45) is 2.13. The molecule has 1 unspecified atom stereocenters. The van der Waals surface area contributed by atoms with Crippen LogP contribution in [0, 0.1) is 17.3 Å². The lowest BCUT2D eigenvalue weighted by Gasteiger charge is -2.32. The van der Waals surface area contributed by atoms with Gasteiger partial charge in [-0.15, -0.1) is 0 Å². The SMILES string of the molecule is CC(N)C1(CC(=O)O)C[C@H](C)[C@@H](C)C1. The van der Waals surface area contributed by atoms with E-state index in [1.807, 2.05) is 6.92 Å². The second-order valence-corrected chi connectivity index (χ2v) is 5.08. The van der Waals surface area contributed by atoms with Crippen LogP contribution in [0.15, 0.2) is 0 Å². The number of nitrogens with two attached hydrogens (primary N) is 1. The van der Waals surface area contributed by atoms with Gasteiger partial charge in [0.15, 0.2) is 0 Å². The highest BCUT2D eigenvalue weighted by Crippen LogP contribution is 2.49. The predicted octanol–water partition coefficient (Wildman–Crippen LogP) is 1.86. The Morgan fingerprint density at radius 3 is 2.21 bits per heavy atom. The lowest BCUT2D eigenvalue weighted by molar-refractivity contribution is -0.140. The van der Waals surface area contributed by atoms with E-state index in [2.05, 4.69) is 13.8 Å². The topological polar surface area (TPSA) is 63.3 Å². The van der Waals surface area contributed by atoms with Crippen molar-refractivity contribution in [3.63, 3.8) is 0 Å². The van der Waals surface area contributed by atoms with Gasteiger partial charge in [0, 0.05) is 6.04 Å². The molecule has 0 aromatic rings. The minimum absolute atomic E-state index is 0.0222. The molecule has 3 atom stereocenters. The molecule has 1 aliphatic rings. The molecule has 1 rings (SSSR count). The van der Waals surface area contributed by atoms with Gasteiger partial charge in [-0.3, -0.25) is 4.79 Å². The lowest BCUT2D eigenvalue weighted by atomic mass is 9.76. The highest BCUT2D eigenvalue weighted by atomic mass is 16.4. The second kappa shape index (κ2) is 3.89. The van der Waals surface area contributed by atoms with Crippen LogP contribution >= 0.6 is 0 Å². The Kier molecular flexibility index (Phi) is 3.20. The maximum absolute atomic E-state index is 10.8. The maximum atomic E-state index is 10.8. The third-order valence-corrected chi connectivity index (χ3v) is 3.90. The summed E-state index contributed by atoms with van der Waals surface area (Å²) < 4.78 is 0. The van der Waals surface area contributed by atoms with Crippen molar-refractivity contribution in [1.82, 2.24) is 0 Å². The smallest absolute Gasteiger partial charge is 0.303 e. The standard InChI is InChI=1S/C11H21NO2/c1-7-4-11(9(3)12,5-8(7)2)6-10(13)14/h7-9H,4-6,12H2,1-3H3,(H,13,14)/t7-,8-,9?/m0/s1. The molecule has 0 saturated heterocycles. The summed E-state index contributed by atoms with van der Waals surface area (Å²) >= 11 is 0. The molecule has 1 aliphatic carbocycles.